The highest BCUT2D eigenvalue weighted by Crippen LogP contribution is 2.22. The van der Waals surface area contributed by atoms with Gasteiger partial charge in [0.25, 0.3) is 0 Å². The first kappa shape index (κ1) is 12.3. The molecule has 1 aromatic carbocycles. The monoisotopic (exact) mass is 243 g/mol. The van der Waals surface area contributed by atoms with Crippen LogP contribution >= 0.6 is 0 Å². The van der Waals surface area contributed by atoms with Gasteiger partial charge in [0, 0.05) is 5.69 Å². The Morgan fingerprint density at radius 1 is 1.18 bits per heavy atom. The summed E-state index contributed by atoms with van der Waals surface area (Å²) >= 11 is 0. The highest BCUT2D eigenvalue weighted by Gasteiger charge is 2.42. The van der Waals surface area contributed by atoms with Crippen LogP contribution in [0.2, 0.25) is 0 Å². The Morgan fingerprint density at radius 3 is 2.35 bits per heavy atom. The lowest BCUT2D eigenvalue weighted by atomic mass is 10.1. The number of hydrogen-bond donors (Lipinski definition) is 4. The zero-order valence-electron chi connectivity index (χ0n) is 8.95. The standard InChI is InChI=1S/C11H14FNO4/c12-6-1-3-7(4-2-6)13-11-10(16)9(15)8(5-14)17-11/h1-4,8-11,13-16H,5H2. The third kappa shape index (κ3) is 2.55. The number of halogens is 1. The van der Waals surface area contributed by atoms with Gasteiger partial charge in [0.1, 0.15) is 24.1 Å². The van der Waals surface area contributed by atoms with Gasteiger partial charge in [-0.2, -0.15) is 0 Å². The molecule has 0 saturated carbocycles. The molecule has 6 heteroatoms. The molecule has 0 amide bonds. The quantitative estimate of drug-likeness (QED) is 0.585. The van der Waals surface area contributed by atoms with E-state index in [1.165, 1.54) is 24.3 Å². The van der Waals surface area contributed by atoms with E-state index in [9.17, 15) is 14.6 Å². The largest absolute Gasteiger partial charge is 0.394 e. The molecule has 94 valence electrons. The number of benzene rings is 1. The molecule has 4 unspecified atom stereocenters. The van der Waals surface area contributed by atoms with Crippen LogP contribution in [-0.2, 0) is 4.74 Å². The smallest absolute Gasteiger partial charge is 0.157 e. The van der Waals surface area contributed by atoms with Crippen LogP contribution < -0.4 is 5.32 Å². The predicted octanol–water partition coefficient (Wildman–Crippen LogP) is -0.323. The van der Waals surface area contributed by atoms with Crippen LogP contribution in [0.4, 0.5) is 10.1 Å². The average Bonchev–Trinajstić information content (AvgIpc) is 2.60. The van der Waals surface area contributed by atoms with Crippen molar-refractivity contribution < 1.29 is 24.4 Å². The Bertz CT molecular complexity index is 372. The van der Waals surface area contributed by atoms with Crippen LogP contribution in [0.1, 0.15) is 0 Å². The molecule has 1 fully saturated rings. The lowest BCUT2D eigenvalue weighted by molar-refractivity contribution is -0.0153. The van der Waals surface area contributed by atoms with Crippen LogP contribution in [0.5, 0.6) is 0 Å². The number of aliphatic hydroxyl groups is 3. The number of ether oxygens (including phenoxy) is 1. The summed E-state index contributed by atoms with van der Waals surface area (Å²) in [6.07, 6.45) is -3.93. The number of rotatable bonds is 3. The minimum absolute atomic E-state index is 0.364. The second kappa shape index (κ2) is 4.97. The zero-order valence-corrected chi connectivity index (χ0v) is 8.95. The first-order valence-electron chi connectivity index (χ1n) is 5.26. The van der Waals surface area contributed by atoms with E-state index in [4.69, 9.17) is 9.84 Å². The molecule has 4 N–H and O–H groups in total. The maximum absolute atomic E-state index is 12.7. The Hall–Kier alpha value is -1.21. The molecule has 0 spiro atoms. The molecule has 0 bridgehead atoms. The third-order valence-electron chi connectivity index (χ3n) is 2.70. The molecule has 17 heavy (non-hydrogen) atoms. The van der Waals surface area contributed by atoms with E-state index in [-0.39, 0.29) is 12.4 Å². The topological polar surface area (TPSA) is 82.0 Å². The van der Waals surface area contributed by atoms with Gasteiger partial charge < -0.3 is 25.4 Å². The first-order chi connectivity index (χ1) is 8.11. The molecule has 0 radical (unpaired) electrons. The van der Waals surface area contributed by atoms with Gasteiger partial charge in [0.15, 0.2) is 6.23 Å². The highest BCUT2D eigenvalue weighted by molar-refractivity contribution is 5.43. The molecule has 0 aliphatic carbocycles. The molecule has 4 atom stereocenters. The fourth-order valence-electron chi connectivity index (χ4n) is 1.73. The Labute approximate surface area is 97.5 Å². The minimum atomic E-state index is -1.14. The fourth-order valence-corrected chi connectivity index (χ4v) is 1.73. The van der Waals surface area contributed by atoms with Crippen molar-refractivity contribution in [2.75, 3.05) is 11.9 Å². The van der Waals surface area contributed by atoms with Crippen molar-refractivity contribution in [1.82, 2.24) is 0 Å². The summed E-state index contributed by atoms with van der Waals surface area (Å²) in [4.78, 5) is 0. The highest BCUT2D eigenvalue weighted by atomic mass is 19.1. The van der Waals surface area contributed by atoms with E-state index in [1.54, 1.807) is 0 Å². The summed E-state index contributed by atoms with van der Waals surface area (Å²) in [5, 5.41) is 30.9. The van der Waals surface area contributed by atoms with E-state index < -0.39 is 24.5 Å². The van der Waals surface area contributed by atoms with E-state index in [0.29, 0.717) is 5.69 Å². The molecule has 0 aromatic heterocycles. The van der Waals surface area contributed by atoms with E-state index >= 15 is 0 Å². The third-order valence-corrected chi connectivity index (χ3v) is 2.70. The number of anilines is 1. The molecule has 5 nitrogen and oxygen atoms in total. The van der Waals surface area contributed by atoms with Gasteiger partial charge in [-0.05, 0) is 24.3 Å². The summed E-state index contributed by atoms with van der Waals surface area (Å²) in [6, 6.07) is 5.52. The summed E-state index contributed by atoms with van der Waals surface area (Å²) in [7, 11) is 0. The van der Waals surface area contributed by atoms with Crippen molar-refractivity contribution in [2.45, 2.75) is 24.5 Å². The van der Waals surface area contributed by atoms with E-state index in [0.717, 1.165) is 0 Å². The van der Waals surface area contributed by atoms with Crippen LogP contribution in [0, 0.1) is 5.82 Å². The molecule has 1 heterocycles. The Balaban J connectivity index is 2.02. The van der Waals surface area contributed by atoms with Crippen LogP contribution in [-0.4, -0.2) is 46.5 Å². The van der Waals surface area contributed by atoms with Crippen molar-refractivity contribution >= 4 is 5.69 Å². The second-order valence-electron chi connectivity index (χ2n) is 3.91. The van der Waals surface area contributed by atoms with Crippen LogP contribution in [0.25, 0.3) is 0 Å². The van der Waals surface area contributed by atoms with Gasteiger partial charge >= 0.3 is 0 Å². The molecular weight excluding hydrogens is 229 g/mol. The molecule has 1 saturated heterocycles. The van der Waals surface area contributed by atoms with Gasteiger partial charge in [0.05, 0.1) is 6.61 Å². The summed E-state index contributed by atoms with van der Waals surface area (Å²) < 4.78 is 17.9. The maximum Gasteiger partial charge on any atom is 0.157 e. The Kier molecular flexibility index (Phi) is 3.58. The fraction of sp³-hybridized carbons (Fsp3) is 0.455. The summed E-state index contributed by atoms with van der Waals surface area (Å²) in [5.74, 6) is -0.364. The second-order valence-corrected chi connectivity index (χ2v) is 3.91. The van der Waals surface area contributed by atoms with E-state index in [2.05, 4.69) is 5.32 Å². The zero-order chi connectivity index (χ0) is 12.4. The maximum atomic E-state index is 12.7. The van der Waals surface area contributed by atoms with Gasteiger partial charge in [-0.3, -0.25) is 0 Å². The van der Waals surface area contributed by atoms with Gasteiger partial charge in [0.2, 0.25) is 0 Å². The Morgan fingerprint density at radius 2 is 1.82 bits per heavy atom. The van der Waals surface area contributed by atoms with Crippen molar-refractivity contribution in [1.29, 1.82) is 0 Å². The van der Waals surface area contributed by atoms with Crippen molar-refractivity contribution in [2.24, 2.45) is 0 Å². The number of nitrogens with one attached hydrogen (secondary N) is 1. The van der Waals surface area contributed by atoms with Crippen molar-refractivity contribution in [3.05, 3.63) is 30.1 Å². The normalized spacial score (nSPS) is 32.7. The molecule has 1 aliphatic heterocycles. The van der Waals surface area contributed by atoms with Crippen molar-refractivity contribution in [3.63, 3.8) is 0 Å². The van der Waals surface area contributed by atoms with Gasteiger partial charge in [-0.25, -0.2) is 4.39 Å². The van der Waals surface area contributed by atoms with Gasteiger partial charge in [-0.15, -0.1) is 0 Å². The van der Waals surface area contributed by atoms with E-state index in [1.807, 2.05) is 0 Å². The lowest BCUT2D eigenvalue weighted by Crippen LogP contribution is -2.36. The molecule has 1 aromatic rings. The number of aliphatic hydroxyl groups excluding tert-OH is 3. The lowest BCUT2D eigenvalue weighted by Gasteiger charge is -2.17. The molecule has 2 rings (SSSR count). The van der Waals surface area contributed by atoms with Crippen LogP contribution in [0.15, 0.2) is 24.3 Å². The molecular formula is C11H14FNO4. The SMILES string of the molecule is OCC1OC(Nc2ccc(F)cc2)C(O)C1O. The first-order valence-corrected chi connectivity index (χ1v) is 5.26. The van der Waals surface area contributed by atoms with Crippen molar-refractivity contribution in [3.8, 4) is 0 Å². The predicted molar refractivity (Wildman–Crippen MR) is 57.8 cm³/mol. The molecule has 1 aliphatic rings. The minimum Gasteiger partial charge on any atom is -0.394 e. The van der Waals surface area contributed by atoms with Gasteiger partial charge in [-0.1, -0.05) is 0 Å². The summed E-state index contributed by atoms with van der Waals surface area (Å²) in [5.41, 5.74) is 0.557. The number of hydrogen-bond acceptors (Lipinski definition) is 5. The van der Waals surface area contributed by atoms with Crippen LogP contribution in [0.3, 0.4) is 0 Å². The summed E-state index contributed by atoms with van der Waals surface area (Å²) in [6.45, 7) is -0.375. The average molecular weight is 243 g/mol.